The third-order valence-corrected chi connectivity index (χ3v) is 4.98. The van der Waals surface area contributed by atoms with Crippen LogP contribution < -0.4 is 10.1 Å². The van der Waals surface area contributed by atoms with Gasteiger partial charge in [-0.15, -0.1) is 11.3 Å². The third-order valence-electron chi connectivity index (χ3n) is 3.46. The van der Waals surface area contributed by atoms with Crippen LogP contribution in [0.1, 0.15) is 29.7 Å². The Bertz CT molecular complexity index is 626. The maximum Gasteiger partial charge on any atom is 0.127 e. The lowest BCUT2D eigenvalue weighted by molar-refractivity contribution is 0.350. The normalized spacial score (nSPS) is 14.9. The number of hydrogen-bond donors (Lipinski definition) is 1. The Labute approximate surface area is 132 Å². The van der Waals surface area contributed by atoms with E-state index < -0.39 is 0 Å². The summed E-state index contributed by atoms with van der Waals surface area (Å²) >= 11 is 13.8. The highest BCUT2D eigenvalue weighted by molar-refractivity contribution is 7.20. The molecule has 1 N–H and O–H groups in total. The molecule has 1 aliphatic rings. The molecule has 20 heavy (non-hydrogen) atoms. The maximum atomic E-state index is 6.33. The Morgan fingerprint density at radius 2 is 2.20 bits per heavy atom. The van der Waals surface area contributed by atoms with Crippen LogP contribution in [0.15, 0.2) is 24.3 Å². The van der Waals surface area contributed by atoms with E-state index in [0.29, 0.717) is 4.34 Å². The van der Waals surface area contributed by atoms with E-state index >= 15 is 0 Å². The van der Waals surface area contributed by atoms with E-state index in [9.17, 15) is 0 Å². The lowest BCUT2D eigenvalue weighted by Gasteiger charge is -2.20. The van der Waals surface area contributed by atoms with Gasteiger partial charge in [-0.1, -0.05) is 48.3 Å². The van der Waals surface area contributed by atoms with Crippen molar-refractivity contribution in [3.8, 4) is 5.75 Å². The van der Waals surface area contributed by atoms with Crippen molar-refractivity contribution in [2.45, 2.75) is 19.4 Å². The zero-order valence-electron chi connectivity index (χ0n) is 11.1. The fourth-order valence-electron chi connectivity index (χ4n) is 2.61. The minimum atomic E-state index is 0.0179. The summed E-state index contributed by atoms with van der Waals surface area (Å²) < 4.78 is 7.25. The molecule has 0 aliphatic carbocycles. The van der Waals surface area contributed by atoms with Gasteiger partial charge in [0.25, 0.3) is 0 Å². The van der Waals surface area contributed by atoms with Gasteiger partial charge in [-0.2, -0.15) is 0 Å². The van der Waals surface area contributed by atoms with E-state index in [1.165, 1.54) is 16.9 Å². The van der Waals surface area contributed by atoms with Gasteiger partial charge in [-0.05, 0) is 18.2 Å². The first-order valence-corrected chi connectivity index (χ1v) is 8.20. The van der Waals surface area contributed by atoms with Gasteiger partial charge in [0.2, 0.25) is 0 Å². The zero-order chi connectivity index (χ0) is 14.1. The van der Waals surface area contributed by atoms with Gasteiger partial charge in [0.05, 0.1) is 21.3 Å². The predicted octanol–water partition coefficient (Wildman–Crippen LogP) is 4.69. The first-order chi connectivity index (χ1) is 9.70. The number of fused-ring (bicyclic) bond motifs is 1. The predicted molar refractivity (Wildman–Crippen MR) is 85.5 cm³/mol. The molecule has 1 aliphatic heterocycles. The standard InChI is InChI=1S/C15H15Cl2NOS/c1-2-18-13(11-8-12(16)20-15(11)17)10-5-3-4-9-6-7-19-14(9)10/h3-5,8,13,18H,2,6-7H2,1H3. The van der Waals surface area contributed by atoms with Gasteiger partial charge in [0, 0.05) is 17.5 Å². The average Bonchev–Trinajstić information content (AvgIpc) is 3.02. The summed E-state index contributed by atoms with van der Waals surface area (Å²) in [5.41, 5.74) is 3.42. The summed E-state index contributed by atoms with van der Waals surface area (Å²) in [5, 5.41) is 3.48. The Hall–Kier alpha value is -0.740. The SMILES string of the molecule is CCNC(c1cc(Cl)sc1Cl)c1cccc2c1OCC2. The third kappa shape index (κ3) is 2.56. The van der Waals surface area contributed by atoms with E-state index in [-0.39, 0.29) is 6.04 Å². The van der Waals surface area contributed by atoms with Gasteiger partial charge < -0.3 is 10.1 Å². The van der Waals surface area contributed by atoms with E-state index in [0.717, 1.165) is 40.8 Å². The van der Waals surface area contributed by atoms with Gasteiger partial charge >= 0.3 is 0 Å². The molecule has 2 nitrogen and oxygen atoms in total. The maximum absolute atomic E-state index is 6.33. The first kappa shape index (κ1) is 14.2. The van der Waals surface area contributed by atoms with Crippen LogP contribution in [0.3, 0.4) is 0 Å². The average molecular weight is 328 g/mol. The summed E-state index contributed by atoms with van der Waals surface area (Å²) in [6.45, 7) is 3.68. The van der Waals surface area contributed by atoms with Crippen LogP contribution >= 0.6 is 34.5 Å². The largest absolute Gasteiger partial charge is 0.493 e. The summed E-state index contributed by atoms with van der Waals surface area (Å²) in [7, 11) is 0. The molecule has 1 aromatic carbocycles. The monoisotopic (exact) mass is 327 g/mol. The molecular formula is C15H15Cl2NOS. The molecule has 2 heterocycles. The fraction of sp³-hybridized carbons (Fsp3) is 0.333. The Morgan fingerprint density at radius 1 is 1.35 bits per heavy atom. The van der Waals surface area contributed by atoms with Crippen molar-refractivity contribution in [3.05, 3.63) is 49.6 Å². The second-order valence-corrected chi connectivity index (χ2v) is 6.99. The number of thiophene rings is 1. The van der Waals surface area contributed by atoms with E-state index in [1.807, 2.05) is 6.07 Å². The first-order valence-electron chi connectivity index (χ1n) is 6.63. The lowest BCUT2D eigenvalue weighted by Crippen LogP contribution is -2.22. The number of nitrogens with one attached hydrogen (secondary N) is 1. The highest BCUT2D eigenvalue weighted by Crippen LogP contribution is 2.41. The smallest absolute Gasteiger partial charge is 0.127 e. The number of ether oxygens (including phenoxy) is 1. The molecule has 0 fully saturated rings. The van der Waals surface area contributed by atoms with E-state index in [4.69, 9.17) is 27.9 Å². The van der Waals surface area contributed by atoms with Crippen molar-refractivity contribution in [2.24, 2.45) is 0 Å². The number of para-hydroxylation sites is 1. The van der Waals surface area contributed by atoms with Crippen LogP contribution in [0.4, 0.5) is 0 Å². The van der Waals surface area contributed by atoms with Crippen molar-refractivity contribution in [3.63, 3.8) is 0 Å². The number of rotatable bonds is 4. The summed E-state index contributed by atoms with van der Waals surface area (Å²) in [6.07, 6.45) is 0.972. The molecule has 0 amide bonds. The topological polar surface area (TPSA) is 21.3 Å². The zero-order valence-corrected chi connectivity index (χ0v) is 13.4. The molecule has 0 radical (unpaired) electrons. The van der Waals surface area contributed by atoms with Crippen molar-refractivity contribution < 1.29 is 4.74 Å². The number of hydrogen-bond acceptors (Lipinski definition) is 3. The van der Waals surface area contributed by atoms with Crippen molar-refractivity contribution in [1.29, 1.82) is 0 Å². The Balaban J connectivity index is 2.08. The molecule has 0 bridgehead atoms. The second kappa shape index (κ2) is 5.94. The minimum absolute atomic E-state index is 0.0179. The molecule has 3 rings (SSSR count). The molecule has 5 heteroatoms. The number of halogens is 2. The molecule has 1 unspecified atom stereocenters. The quantitative estimate of drug-likeness (QED) is 0.879. The fourth-order valence-corrected chi connectivity index (χ4v) is 4.14. The summed E-state index contributed by atoms with van der Waals surface area (Å²) in [6, 6.07) is 8.26. The highest BCUT2D eigenvalue weighted by atomic mass is 35.5. The molecule has 1 aromatic heterocycles. The van der Waals surface area contributed by atoms with Crippen molar-refractivity contribution in [2.75, 3.05) is 13.2 Å². The summed E-state index contributed by atoms with van der Waals surface area (Å²) in [4.78, 5) is 0. The van der Waals surface area contributed by atoms with E-state index in [1.54, 1.807) is 0 Å². The molecule has 2 aromatic rings. The molecule has 1 atom stereocenters. The minimum Gasteiger partial charge on any atom is -0.493 e. The highest BCUT2D eigenvalue weighted by Gasteiger charge is 2.25. The van der Waals surface area contributed by atoms with Crippen LogP contribution in [-0.4, -0.2) is 13.2 Å². The van der Waals surface area contributed by atoms with Crippen LogP contribution in [0.2, 0.25) is 8.67 Å². The van der Waals surface area contributed by atoms with Crippen molar-refractivity contribution >= 4 is 34.5 Å². The Morgan fingerprint density at radius 3 is 2.90 bits per heavy atom. The van der Waals surface area contributed by atoms with Gasteiger partial charge in [0.1, 0.15) is 5.75 Å². The van der Waals surface area contributed by atoms with Crippen LogP contribution in [0, 0.1) is 0 Å². The lowest BCUT2D eigenvalue weighted by atomic mass is 9.97. The van der Waals surface area contributed by atoms with Gasteiger partial charge in [-0.3, -0.25) is 0 Å². The van der Waals surface area contributed by atoms with Crippen LogP contribution in [-0.2, 0) is 6.42 Å². The Kier molecular flexibility index (Phi) is 4.22. The second-order valence-electron chi connectivity index (χ2n) is 4.70. The van der Waals surface area contributed by atoms with E-state index in [2.05, 4.69) is 30.4 Å². The van der Waals surface area contributed by atoms with Gasteiger partial charge in [-0.25, -0.2) is 0 Å². The van der Waals surface area contributed by atoms with Crippen LogP contribution in [0.5, 0.6) is 5.75 Å². The van der Waals surface area contributed by atoms with Gasteiger partial charge in [0.15, 0.2) is 0 Å². The molecule has 0 spiro atoms. The molecule has 106 valence electrons. The summed E-state index contributed by atoms with van der Waals surface area (Å²) in [5.74, 6) is 0.997. The molecule has 0 saturated heterocycles. The molecule has 0 saturated carbocycles. The number of benzene rings is 1. The van der Waals surface area contributed by atoms with Crippen LogP contribution in [0.25, 0.3) is 0 Å². The van der Waals surface area contributed by atoms with Crippen molar-refractivity contribution in [1.82, 2.24) is 5.32 Å². The molecular weight excluding hydrogens is 313 g/mol.